The summed E-state index contributed by atoms with van der Waals surface area (Å²) in [5, 5.41) is 0. The van der Waals surface area contributed by atoms with E-state index < -0.39 is 15.4 Å². The van der Waals surface area contributed by atoms with E-state index in [0.717, 1.165) is 25.7 Å². The monoisotopic (exact) mass is 337 g/mol. The lowest BCUT2D eigenvalue weighted by atomic mass is 10.3. The van der Waals surface area contributed by atoms with E-state index in [9.17, 15) is 8.42 Å². The topological polar surface area (TPSA) is 101 Å². The Morgan fingerprint density at radius 2 is 1.67 bits per heavy atom. The van der Waals surface area contributed by atoms with Gasteiger partial charge in [0.25, 0.3) is 0 Å². The standard InChI is InChI=1S/C12H27N3O4SSi/c1-3-5-9-18-12(21,19-10-6-4-2)8-7-11-20(16,17)15-14-13/h3-11H2,1-2,21H3. The van der Waals surface area contributed by atoms with Gasteiger partial charge in [0.1, 0.15) is 5.41 Å². The van der Waals surface area contributed by atoms with Gasteiger partial charge in [-0.1, -0.05) is 26.7 Å². The van der Waals surface area contributed by atoms with Gasteiger partial charge in [0.15, 0.2) is 0 Å². The molecule has 0 bridgehead atoms. The molecular weight excluding hydrogens is 310 g/mol. The minimum atomic E-state index is -3.69. The minimum absolute atomic E-state index is 0.171. The number of unbranched alkanes of at least 4 members (excludes halogenated alkanes) is 2. The Kier molecular flexibility index (Phi) is 10.7. The SMILES string of the molecule is CCCCOC([SiH3])(CCCS(=O)(=O)N=[N+]=[N-])OCCCC. The lowest BCUT2D eigenvalue weighted by molar-refractivity contribution is -0.183. The molecule has 0 aromatic rings. The molecular formula is C12H27N3O4SSi. The first-order valence-corrected chi connectivity index (χ1v) is 10.1. The van der Waals surface area contributed by atoms with Crippen LogP contribution >= 0.6 is 0 Å². The molecule has 0 aliphatic heterocycles. The highest BCUT2D eigenvalue weighted by Gasteiger charge is 2.25. The van der Waals surface area contributed by atoms with E-state index in [1.165, 1.54) is 0 Å². The molecule has 7 nitrogen and oxygen atoms in total. The third-order valence-corrected chi connectivity index (χ3v) is 5.21. The smallest absolute Gasteiger partial charge is 0.235 e. The molecule has 0 atom stereocenters. The molecule has 0 N–H and O–H groups in total. The molecule has 0 radical (unpaired) electrons. The number of hydrogen-bond donors (Lipinski definition) is 0. The molecule has 0 spiro atoms. The Hall–Kier alpha value is -0.603. The molecule has 0 amide bonds. The molecule has 0 rings (SSSR count). The number of rotatable bonds is 13. The first-order chi connectivity index (χ1) is 9.89. The first-order valence-electron chi connectivity index (χ1n) is 7.46. The Morgan fingerprint density at radius 3 is 2.10 bits per heavy atom. The van der Waals surface area contributed by atoms with Crippen molar-refractivity contribution < 1.29 is 17.9 Å². The largest absolute Gasteiger partial charge is 0.355 e. The number of ether oxygens (including phenoxy) is 2. The van der Waals surface area contributed by atoms with Gasteiger partial charge in [0.2, 0.25) is 10.0 Å². The number of nitrogens with zero attached hydrogens (tertiary/aromatic N) is 3. The summed E-state index contributed by atoms with van der Waals surface area (Å²) in [6.45, 7) is 5.41. The fourth-order valence-electron chi connectivity index (χ4n) is 1.72. The fourth-order valence-corrected chi connectivity index (χ4v) is 3.19. The predicted molar refractivity (Wildman–Crippen MR) is 86.6 cm³/mol. The second-order valence-electron chi connectivity index (χ2n) is 5.10. The van der Waals surface area contributed by atoms with Crippen LogP contribution in [0.2, 0.25) is 0 Å². The third-order valence-electron chi connectivity index (χ3n) is 3.00. The number of sulfonamides is 1. The molecule has 0 heterocycles. The van der Waals surface area contributed by atoms with Gasteiger partial charge in [-0.3, -0.25) is 0 Å². The molecule has 124 valence electrons. The average Bonchev–Trinajstić information content (AvgIpc) is 2.39. The van der Waals surface area contributed by atoms with Crippen LogP contribution in [0.1, 0.15) is 52.4 Å². The van der Waals surface area contributed by atoms with Gasteiger partial charge in [0.05, 0.1) is 16.0 Å². The highest BCUT2D eigenvalue weighted by atomic mass is 32.2. The van der Waals surface area contributed by atoms with Crippen molar-refractivity contribution in [1.29, 1.82) is 0 Å². The molecule has 0 aromatic carbocycles. The summed E-state index contributed by atoms with van der Waals surface area (Å²) in [6.07, 6.45) is 4.86. The van der Waals surface area contributed by atoms with Crippen LogP contribution in [0.3, 0.4) is 0 Å². The fraction of sp³-hybridized carbons (Fsp3) is 1.00. The van der Waals surface area contributed by atoms with Crippen LogP contribution in [-0.4, -0.2) is 43.0 Å². The Morgan fingerprint density at radius 1 is 1.14 bits per heavy atom. The average molecular weight is 338 g/mol. The van der Waals surface area contributed by atoms with E-state index in [1.54, 1.807) is 0 Å². The molecule has 0 aromatic heterocycles. The van der Waals surface area contributed by atoms with Crippen LogP contribution in [0.5, 0.6) is 0 Å². The summed E-state index contributed by atoms with van der Waals surface area (Å²) in [6, 6.07) is 0. The normalized spacial score (nSPS) is 12.3. The van der Waals surface area contributed by atoms with E-state index >= 15 is 0 Å². The van der Waals surface area contributed by atoms with Crippen molar-refractivity contribution in [3.8, 4) is 0 Å². The molecule has 0 fully saturated rings. The van der Waals surface area contributed by atoms with Gasteiger partial charge in [-0.2, -0.15) is 0 Å². The molecule has 0 saturated carbocycles. The molecule has 0 saturated heterocycles. The van der Waals surface area contributed by atoms with Crippen LogP contribution in [0.25, 0.3) is 10.4 Å². The molecule has 0 aliphatic carbocycles. The Bertz CT molecular complexity index is 414. The number of azide groups is 1. The van der Waals surface area contributed by atoms with Crippen LogP contribution in [0.4, 0.5) is 0 Å². The predicted octanol–water partition coefficient (Wildman–Crippen LogP) is 2.06. The lowest BCUT2D eigenvalue weighted by Crippen LogP contribution is -2.38. The summed E-state index contributed by atoms with van der Waals surface area (Å²) in [4.78, 5) is 2.33. The maximum atomic E-state index is 11.3. The Labute approximate surface area is 130 Å². The van der Waals surface area contributed by atoms with E-state index in [4.69, 9.17) is 15.0 Å². The van der Waals surface area contributed by atoms with Crippen molar-refractivity contribution in [3.05, 3.63) is 10.4 Å². The van der Waals surface area contributed by atoms with Crippen molar-refractivity contribution in [1.82, 2.24) is 0 Å². The first kappa shape index (κ1) is 20.4. The van der Waals surface area contributed by atoms with E-state index in [2.05, 4.69) is 23.3 Å². The van der Waals surface area contributed by atoms with Gasteiger partial charge >= 0.3 is 0 Å². The van der Waals surface area contributed by atoms with Gasteiger partial charge in [-0.25, -0.2) is 8.42 Å². The summed E-state index contributed by atoms with van der Waals surface area (Å²) < 4.78 is 37.2. The van der Waals surface area contributed by atoms with Crippen LogP contribution in [-0.2, 0) is 19.5 Å². The minimum Gasteiger partial charge on any atom is -0.355 e. The van der Waals surface area contributed by atoms with Gasteiger partial charge in [-0.05, 0) is 31.2 Å². The lowest BCUT2D eigenvalue weighted by Gasteiger charge is -2.30. The zero-order chi connectivity index (χ0) is 16.2. The third kappa shape index (κ3) is 10.7. The molecule has 9 heteroatoms. The number of hydrogen-bond acceptors (Lipinski definition) is 4. The van der Waals surface area contributed by atoms with E-state index in [-0.39, 0.29) is 5.75 Å². The van der Waals surface area contributed by atoms with Gasteiger partial charge in [0, 0.05) is 22.6 Å². The molecule has 21 heavy (non-hydrogen) atoms. The van der Waals surface area contributed by atoms with Crippen molar-refractivity contribution in [2.45, 2.75) is 57.8 Å². The van der Waals surface area contributed by atoms with Gasteiger partial charge in [-0.15, -0.1) is 0 Å². The van der Waals surface area contributed by atoms with Crippen LogP contribution in [0.15, 0.2) is 4.52 Å². The van der Waals surface area contributed by atoms with Crippen molar-refractivity contribution in [2.24, 2.45) is 4.52 Å². The van der Waals surface area contributed by atoms with E-state index in [1.807, 2.05) is 0 Å². The Balaban J connectivity index is 4.40. The highest BCUT2D eigenvalue weighted by molar-refractivity contribution is 7.89. The van der Waals surface area contributed by atoms with Crippen molar-refractivity contribution >= 4 is 20.3 Å². The van der Waals surface area contributed by atoms with Crippen LogP contribution < -0.4 is 0 Å². The maximum Gasteiger partial charge on any atom is 0.235 e. The molecule has 0 unspecified atom stereocenters. The van der Waals surface area contributed by atoms with E-state index in [0.29, 0.717) is 36.3 Å². The summed E-state index contributed by atoms with van der Waals surface area (Å²) in [5.41, 5.74) is 7.54. The maximum absolute atomic E-state index is 11.3. The summed E-state index contributed by atoms with van der Waals surface area (Å²) in [5.74, 6) is -0.171. The summed E-state index contributed by atoms with van der Waals surface area (Å²) in [7, 11) is -3.03. The van der Waals surface area contributed by atoms with Crippen molar-refractivity contribution in [2.75, 3.05) is 19.0 Å². The van der Waals surface area contributed by atoms with Crippen molar-refractivity contribution in [3.63, 3.8) is 0 Å². The zero-order valence-electron chi connectivity index (χ0n) is 13.2. The second kappa shape index (κ2) is 11.0. The zero-order valence-corrected chi connectivity index (χ0v) is 16.1. The summed E-state index contributed by atoms with van der Waals surface area (Å²) >= 11 is 0. The molecule has 0 aliphatic rings. The van der Waals surface area contributed by atoms with Gasteiger partial charge < -0.3 is 9.47 Å². The van der Waals surface area contributed by atoms with Crippen LogP contribution in [0, 0.1) is 0 Å². The highest BCUT2D eigenvalue weighted by Crippen LogP contribution is 2.18. The quantitative estimate of drug-likeness (QED) is 0.128. The second-order valence-corrected chi connectivity index (χ2v) is 8.36.